The Hall–Kier alpha value is -0.740. The first kappa shape index (κ1) is 9.35. The van der Waals surface area contributed by atoms with E-state index in [1.54, 1.807) is 0 Å². The van der Waals surface area contributed by atoms with Crippen LogP contribution in [0.3, 0.4) is 0 Å². The van der Waals surface area contributed by atoms with E-state index in [1.807, 2.05) is 0 Å². The van der Waals surface area contributed by atoms with Gasteiger partial charge in [-0.2, -0.15) is 0 Å². The van der Waals surface area contributed by atoms with Gasteiger partial charge in [-0.15, -0.1) is 12.3 Å². The second kappa shape index (κ2) is 5.00. The van der Waals surface area contributed by atoms with Crippen LogP contribution in [-0.2, 0) is 0 Å². The average Bonchev–Trinajstić information content (AvgIpc) is 2.56. The van der Waals surface area contributed by atoms with E-state index in [9.17, 15) is 0 Å². The first-order chi connectivity index (χ1) is 5.84. The molecule has 1 heterocycles. The maximum absolute atomic E-state index is 5.18. The summed E-state index contributed by atoms with van der Waals surface area (Å²) in [5, 5.41) is 3.36. The van der Waals surface area contributed by atoms with Crippen molar-refractivity contribution in [2.75, 3.05) is 13.1 Å². The molecule has 0 aliphatic carbocycles. The van der Waals surface area contributed by atoms with Crippen LogP contribution in [0, 0.1) is 18.3 Å². The predicted octanol–water partition coefficient (Wildman–Crippen LogP) is 1.96. The summed E-state index contributed by atoms with van der Waals surface area (Å²) in [4.78, 5) is 0. The van der Waals surface area contributed by atoms with Gasteiger partial charge in [0.2, 0.25) is 0 Å². The van der Waals surface area contributed by atoms with Crippen LogP contribution >= 0.6 is 0 Å². The van der Waals surface area contributed by atoms with Crippen molar-refractivity contribution in [3.8, 4) is 12.3 Å². The molecule has 0 aromatic rings. The highest BCUT2D eigenvalue weighted by molar-refractivity contribution is 5.07. The molecule has 1 saturated heterocycles. The first-order valence-corrected chi connectivity index (χ1v) is 4.65. The van der Waals surface area contributed by atoms with E-state index in [2.05, 4.69) is 24.2 Å². The van der Waals surface area contributed by atoms with Gasteiger partial charge in [0.25, 0.3) is 0 Å². The van der Waals surface area contributed by atoms with Gasteiger partial charge < -0.3 is 5.32 Å². The molecule has 1 heteroatoms. The first-order valence-electron chi connectivity index (χ1n) is 4.65. The van der Waals surface area contributed by atoms with E-state index in [4.69, 9.17) is 6.42 Å². The molecule has 12 heavy (non-hydrogen) atoms. The number of hydrogen-bond donors (Lipinski definition) is 1. The lowest BCUT2D eigenvalue weighted by molar-refractivity contribution is 0.677. The summed E-state index contributed by atoms with van der Waals surface area (Å²) in [6, 6.07) is 0. The largest absolute Gasteiger partial charge is 0.316 e. The fourth-order valence-electron chi connectivity index (χ4n) is 1.59. The van der Waals surface area contributed by atoms with Crippen molar-refractivity contribution in [1.82, 2.24) is 5.32 Å². The quantitative estimate of drug-likeness (QED) is 0.381. The Morgan fingerprint density at radius 1 is 1.75 bits per heavy atom. The van der Waals surface area contributed by atoms with Gasteiger partial charge in [-0.3, -0.25) is 0 Å². The number of terminal acetylenes is 1. The summed E-state index contributed by atoms with van der Waals surface area (Å²) in [5.74, 6) is 3.42. The minimum atomic E-state index is 0.766. The molecule has 1 unspecified atom stereocenters. The molecule has 1 aliphatic rings. The van der Waals surface area contributed by atoms with E-state index in [0.717, 1.165) is 25.3 Å². The normalized spacial score (nSPS) is 24.0. The topological polar surface area (TPSA) is 12.0 Å². The van der Waals surface area contributed by atoms with Gasteiger partial charge in [0, 0.05) is 13.0 Å². The van der Waals surface area contributed by atoms with Gasteiger partial charge in [0.1, 0.15) is 0 Å². The molecule has 0 bridgehead atoms. The van der Waals surface area contributed by atoms with Crippen molar-refractivity contribution in [3.63, 3.8) is 0 Å². The van der Waals surface area contributed by atoms with Crippen molar-refractivity contribution >= 4 is 0 Å². The third kappa shape index (κ3) is 2.71. The summed E-state index contributed by atoms with van der Waals surface area (Å²) >= 11 is 0. The van der Waals surface area contributed by atoms with E-state index in [-0.39, 0.29) is 0 Å². The van der Waals surface area contributed by atoms with Gasteiger partial charge in [0.05, 0.1) is 0 Å². The summed E-state index contributed by atoms with van der Waals surface area (Å²) in [6.45, 7) is 4.54. The second-order valence-corrected chi connectivity index (χ2v) is 3.38. The molecule has 0 saturated carbocycles. The third-order valence-corrected chi connectivity index (χ3v) is 2.46. The highest BCUT2D eigenvalue weighted by Gasteiger charge is 2.14. The van der Waals surface area contributed by atoms with E-state index < -0.39 is 0 Å². The van der Waals surface area contributed by atoms with E-state index in [0.29, 0.717) is 0 Å². The molecule has 1 atom stereocenters. The molecule has 0 aromatic heterocycles. The monoisotopic (exact) mass is 163 g/mol. The number of allylic oxidation sites excluding steroid dienone is 1. The maximum atomic E-state index is 5.18. The van der Waals surface area contributed by atoms with Crippen LogP contribution in [0.2, 0.25) is 0 Å². The summed E-state index contributed by atoms with van der Waals surface area (Å²) in [7, 11) is 0. The fourth-order valence-corrected chi connectivity index (χ4v) is 1.59. The van der Waals surface area contributed by atoms with Crippen LogP contribution in [0.15, 0.2) is 11.6 Å². The predicted molar refractivity (Wildman–Crippen MR) is 52.8 cm³/mol. The summed E-state index contributed by atoms with van der Waals surface area (Å²) < 4.78 is 0. The Balaban J connectivity index is 2.30. The van der Waals surface area contributed by atoms with Gasteiger partial charge >= 0.3 is 0 Å². The molecule has 0 radical (unpaired) electrons. The number of rotatable bonds is 3. The Bertz CT molecular complexity index is 192. The molecule has 1 nitrogen and oxygen atoms in total. The molecule has 1 N–H and O–H groups in total. The van der Waals surface area contributed by atoms with Crippen molar-refractivity contribution in [1.29, 1.82) is 0 Å². The van der Waals surface area contributed by atoms with Crippen LogP contribution in [-0.4, -0.2) is 13.1 Å². The number of hydrogen-bond acceptors (Lipinski definition) is 1. The molecule has 0 amide bonds. The smallest absolute Gasteiger partial charge is 0.0121 e. The molecule has 0 aromatic carbocycles. The van der Waals surface area contributed by atoms with Crippen LogP contribution in [0.1, 0.15) is 26.2 Å². The SMILES string of the molecule is C#CCC/C=C(\C)C1CCNC1. The molecule has 0 spiro atoms. The van der Waals surface area contributed by atoms with E-state index >= 15 is 0 Å². The van der Waals surface area contributed by atoms with Crippen molar-refractivity contribution < 1.29 is 0 Å². The Morgan fingerprint density at radius 3 is 3.17 bits per heavy atom. The van der Waals surface area contributed by atoms with Crippen LogP contribution < -0.4 is 5.32 Å². The van der Waals surface area contributed by atoms with Gasteiger partial charge in [-0.25, -0.2) is 0 Å². The standard InChI is InChI=1S/C11H17N/c1-3-4-5-6-10(2)11-7-8-12-9-11/h1,6,11-12H,4-5,7-9H2,2H3/b10-6+. The molecular weight excluding hydrogens is 146 g/mol. The highest BCUT2D eigenvalue weighted by Crippen LogP contribution is 2.18. The van der Waals surface area contributed by atoms with E-state index in [1.165, 1.54) is 18.5 Å². The van der Waals surface area contributed by atoms with Crippen LogP contribution in [0.4, 0.5) is 0 Å². The zero-order valence-electron chi connectivity index (χ0n) is 7.77. The third-order valence-electron chi connectivity index (χ3n) is 2.46. The summed E-state index contributed by atoms with van der Waals surface area (Å²) in [6.07, 6.45) is 10.7. The molecular formula is C11H17N. The lowest BCUT2D eigenvalue weighted by atomic mass is 9.98. The van der Waals surface area contributed by atoms with Gasteiger partial charge in [-0.05, 0) is 32.2 Å². The minimum absolute atomic E-state index is 0.766. The van der Waals surface area contributed by atoms with Crippen LogP contribution in [0.5, 0.6) is 0 Å². The zero-order valence-corrected chi connectivity index (χ0v) is 7.77. The van der Waals surface area contributed by atoms with Gasteiger partial charge in [-0.1, -0.05) is 11.6 Å². The average molecular weight is 163 g/mol. The van der Waals surface area contributed by atoms with Crippen molar-refractivity contribution in [2.24, 2.45) is 5.92 Å². The Labute approximate surface area is 75.2 Å². The molecule has 66 valence electrons. The lowest BCUT2D eigenvalue weighted by Gasteiger charge is -2.07. The Morgan fingerprint density at radius 2 is 2.58 bits per heavy atom. The van der Waals surface area contributed by atoms with Crippen molar-refractivity contribution in [3.05, 3.63) is 11.6 Å². The second-order valence-electron chi connectivity index (χ2n) is 3.38. The lowest BCUT2D eigenvalue weighted by Crippen LogP contribution is -2.09. The fraction of sp³-hybridized carbons (Fsp3) is 0.636. The Kier molecular flexibility index (Phi) is 3.90. The number of unbranched alkanes of at least 4 members (excludes halogenated alkanes) is 1. The maximum Gasteiger partial charge on any atom is 0.0121 e. The zero-order chi connectivity index (χ0) is 8.81. The minimum Gasteiger partial charge on any atom is -0.316 e. The summed E-state index contributed by atoms with van der Waals surface area (Å²) in [5.41, 5.74) is 1.51. The molecule has 1 aliphatic heterocycles. The van der Waals surface area contributed by atoms with Crippen molar-refractivity contribution in [2.45, 2.75) is 26.2 Å². The van der Waals surface area contributed by atoms with Crippen LogP contribution in [0.25, 0.3) is 0 Å². The molecule has 1 fully saturated rings. The molecule has 1 rings (SSSR count). The number of nitrogens with one attached hydrogen (secondary N) is 1. The highest BCUT2D eigenvalue weighted by atomic mass is 14.9. The van der Waals surface area contributed by atoms with Gasteiger partial charge in [0.15, 0.2) is 0 Å².